The molecule has 0 spiro atoms. The number of hydrogen-bond acceptors (Lipinski definition) is 4. The zero-order chi connectivity index (χ0) is 9.03. The van der Waals surface area contributed by atoms with Gasteiger partial charge < -0.3 is 10.4 Å². The Labute approximate surface area is 70.7 Å². The summed E-state index contributed by atoms with van der Waals surface area (Å²) in [6.07, 6.45) is 0. The quantitative estimate of drug-likeness (QED) is 0.472. The summed E-state index contributed by atoms with van der Waals surface area (Å²) in [6, 6.07) is 9.13. The molecule has 1 rings (SSSR count). The molecule has 64 valence electrons. The summed E-state index contributed by atoms with van der Waals surface area (Å²) in [6.45, 7) is 1.41. The summed E-state index contributed by atoms with van der Waals surface area (Å²) >= 11 is 0. The Morgan fingerprint density at radius 2 is 2.00 bits per heavy atom. The number of rotatable bonds is 3. The van der Waals surface area contributed by atoms with E-state index in [4.69, 9.17) is 5.53 Å². The van der Waals surface area contributed by atoms with Crippen molar-refractivity contribution < 1.29 is 5.11 Å². The highest BCUT2D eigenvalue weighted by Crippen LogP contribution is 2.12. The van der Waals surface area contributed by atoms with Crippen LogP contribution in [0.3, 0.4) is 0 Å². The van der Waals surface area contributed by atoms with Gasteiger partial charge in [-0.15, -0.1) is 5.11 Å². The lowest BCUT2D eigenvalue weighted by atomic mass is 10.3. The Morgan fingerprint density at radius 3 is 2.50 bits per heavy atom. The van der Waals surface area contributed by atoms with Gasteiger partial charge in [-0.05, 0) is 12.1 Å². The van der Waals surface area contributed by atoms with E-state index in [1.807, 2.05) is 18.2 Å². The average molecular weight is 165 g/mol. The normalized spacial score (nSPS) is 14.8. The average Bonchev–Trinajstić information content (AvgIpc) is 2.06. The van der Waals surface area contributed by atoms with Gasteiger partial charge in [0.2, 0.25) is 5.85 Å². The van der Waals surface area contributed by atoms with E-state index in [-0.39, 0.29) is 0 Å². The molecular formula is C8H11N3O. The third-order valence-electron chi connectivity index (χ3n) is 1.37. The number of anilines is 1. The first-order valence-electron chi connectivity index (χ1n) is 3.58. The van der Waals surface area contributed by atoms with Crippen molar-refractivity contribution in [1.82, 2.24) is 0 Å². The van der Waals surface area contributed by atoms with Crippen LogP contribution in [0, 0.1) is 5.53 Å². The van der Waals surface area contributed by atoms with Crippen molar-refractivity contribution in [3.05, 3.63) is 30.3 Å². The minimum absolute atomic E-state index is 0.735. The zero-order valence-corrected chi connectivity index (χ0v) is 6.78. The summed E-state index contributed by atoms with van der Waals surface area (Å²) in [4.78, 5) is 0. The minimum Gasteiger partial charge on any atom is -0.352 e. The van der Waals surface area contributed by atoms with Gasteiger partial charge >= 0.3 is 0 Å². The monoisotopic (exact) mass is 165 g/mol. The van der Waals surface area contributed by atoms with Crippen LogP contribution in [0.25, 0.3) is 0 Å². The van der Waals surface area contributed by atoms with Crippen molar-refractivity contribution in [2.24, 2.45) is 5.11 Å². The minimum atomic E-state index is -1.51. The number of nitrogens with one attached hydrogen (secondary N) is 2. The van der Waals surface area contributed by atoms with Gasteiger partial charge in [-0.2, -0.15) is 0 Å². The second-order valence-corrected chi connectivity index (χ2v) is 2.62. The van der Waals surface area contributed by atoms with Crippen molar-refractivity contribution in [2.45, 2.75) is 12.8 Å². The first kappa shape index (κ1) is 8.67. The van der Waals surface area contributed by atoms with Gasteiger partial charge in [0.05, 0.1) is 0 Å². The van der Waals surface area contributed by atoms with Gasteiger partial charge in [0.1, 0.15) is 0 Å². The SMILES string of the molecule is CC(O)(N=N)Nc1ccccc1. The van der Waals surface area contributed by atoms with E-state index in [2.05, 4.69) is 10.4 Å². The van der Waals surface area contributed by atoms with Crippen molar-refractivity contribution in [3.63, 3.8) is 0 Å². The molecule has 1 aromatic carbocycles. The third-order valence-corrected chi connectivity index (χ3v) is 1.37. The summed E-state index contributed by atoms with van der Waals surface area (Å²) in [7, 11) is 0. The molecule has 1 unspecified atom stereocenters. The van der Waals surface area contributed by atoms with Crippen LogP contribution in [0.2, 0.25) is 0 Å². The van der Waals surface area contributed by atoms with Gasteiger partial charge in [-0.25, -0.2) is 5.53 Å². The number of para-hydroxylation sites is 1. The van der Waals surface area contributed by atoms with E-state index < -0.39 is 5.85 Å². The number of benzene rings is 1. The molecule has 0 aromatic heterocycles. The van der Waals surface area contributed by atoms with E-state index >= 15 is 0 Å². The second kappa shape index (κ2) is 3.32. The Bertz CT molecular complexity index is 258. The predicted molar refractivity (Wildman–Crippen MR) is 45.8 cm³/mol. The highest BCUT2D eigenvalue weighted by molar-refractivity contribution is 5.43. The molecule has 0 saturated carbocycles. The highest BCUT2D eigenvalue weighted by atomic mass is 16.3. The molecule has 0 aliphatic carbocycles. The first-order valence-corrected chi connectivity index (χ1v) is 3.58. The molecule has 4 heteroatoms. The van der Waals surface area contributed by atoms with E-state index in [0.717, 1.165) is 5.69 Å². The molecule has 0 fully saturated rings. The van der Waals surface area contributed by atoms with Crippen LogP contribution in [0.4, 0.5) is 5.69 Å². The lowest BCUT2D eigenvalue weighted by Crippen LogP contribution is -2.30. The molecule has 0 radical (unpaired) electrons. The van der Waals surface area contributed by atoms with Crippen LogP contribution in [-0.4, -0.2) is 11.0 Å². The number of nitrogens with zero attached hydrogens (tertiary/aromatic N) is 1. The first-order chi connectivity index (χ1) is 5.64. The molecule has 1 aromatic rings. The van der Waals surface area contributed by atoms with Crippen LogP contribution in [-0.2, 0) is 0 Å². The number of aliphatic hydroxyl groups is 1. The molecular weight excluding hydrogens is 154 g/mol. The Morgan fingerprint density at radius 1 is 1.42 bits per heavy atom. The molecule has 4 nitrogen and oxygen atoms in total. The second-order valence-electron chi connectivity index (χ2n) is 2.62. The fourth-order valence-electron chi connectivity index (χ4n) is 0.823. The largest absolute Gasteiger partial charge is 0.352 e. The molecule has 0 bridgehead atoms. The van der Waals surface area contributed by atoms with Crippen molar-refractivity contribution in [2.75, 3.05) is 5.32 Å². The maximum Gasteiger partial charge on any atom is 0.250 e. The summed E-state index contributed by atoms with van der Waals surface area (Å²) in [5.74, 6) is -1.51. The van der Waals surface area contributed by atoms with Crippen LogP contribution < -0.4 is 5.32 Å². The standard InChI is InChI=1S/C8H11N3O/c1-8(12,11-9)10-7-5-3-2-4-6-7/h2-6,9-10,12H,1H3. The molecule has 0 aliphatic heterocycles. The van der Waals surface area contributed by atoms with Crippen LogP contribution in [0.1, 0.15) is 6.92 Å². The van der Waals surface area contributed by atoms with E-state index in [9.17, 15) is 5.11 Å². The smallest absolute Gasteiger partial charge is 0.250 e. The van der Waals surface area contributed by atoms with Crippen LogP contribution in [0.5, 0.6) is 0 Å². The molecule has 12 heavy (non-hydrogen) atoms. The summed E-state index contributed by atoms with van der Waals surface area (Å²) in [5.41, 5.74) is 7.40. The lowest BCUT2D eigenvalue weighted by molar-refractivity contribution is 0.0890. The lowest BCUT2D eigenvalue weighted by Gasteiger charge is -2.18. The molecule has 1 atom stereocenters. The van der Waals surface area contributed by atoms with E-state index in [1.54, 1.807) is 12.1 Å². The maximum absolute atomic E-state index is 9.31. The Kier molecular flexibility index (Phi) is 2.40. The fraction of sp³-hybridized carbons (Fsp3) is 0.250. The third kappa shape index (κ3) is 2.32. The van der Waals surface area contributed by atoms with Crippen molar-refractivity contribution >= 4 is 5.69 Å². The van der Waals surface area contributed by atoms with Gasteiger partial charge in [0.25, 0.3) is 0 Å². The molecule has 0 heterocycles. The van der Waals surface area contributed by atoms with E-state index in [1.165, 1.54) is 6.92 Å². The van der Waals surface area contributed by atoms with Crippen molar-refractivity contribution in [1.29, 1.82) is 5.53 Å². The Balaban J connectivity index is 2.70. The van der Waals surface area contributed by atoms with E-state index in [0.29, 0.717) is 0 Å². The molecule has 0 aliphatic rings. The van der Waals surface area contributed by atoms with Gasteiger partial charge in [-0.1, -0.05) is 18.2 Å². The van der Waals surface area contributed by atoms with Crippen LogP contribution in [0.15, 0.2) is 35.4 Å². The van der Waals surface area contributed by atoms with Gasteiger partial charge in [0, 0.05) is 12.6 Å². The van der Waals surface area contributed by atoms with Crippen LogP contribution >= 0.6 is 0 Å². The summed E-state index contributed by atoms with van der Waals surface area (Å²) in [5, 5.41) is 15.0. The Hall–Kier alpha value is -1.42. The highest BCUT2D eigenvalue weighted by Gasteiger charge is 2.16. The summed E-state index contributed by atoms with van der Waals surface area (Å²) < 4.78 is 0. The molecule has 0 amide bonds. The predicted octanol–water partition coefficient (Wildman–Crippen LogP) is 1.80. The number of hydrogen-bond donors (Lipinski definition) is 3. The van der Waals surface area contributed by atoms with Gasteiger partial charge in [-0.3, -0.25) is 0 Å². The fourth-order valence-corrected chi connectivity index (χ4v) is 0.823. The van der Waals surface area contributed by atoms with Crippen molar-refractivity contribution in [3.8, 4) is 0 Å². The maximum atomic E-state index is 9.31. The molecule has 0 saturated heterocycles. The topological polar surface area (TPSA) is 68.5 Å². The molecule has 3 N–H and O–H groups in total. The zero-order valence-electron chi connectivity index (χ0n) is 6.78. The van der Waals surface area contributed by atoms with Gasteiger partial charge in [0.15, 0.2) is 0 Å².